The molecular formula is C14H11FN2S. The molecule has 2 aromatic carbocycles. The molecule has 0 atom stereocenters. The molecule has 0 fully saturated rings. The second-order valence-electron chi connectivity index (χ2n) is 3.78. The van der Waals surface area contributed by atoms with Crippen LogP contribution < -0.4 is 5.73 Å². The van der Waals surface area contributed by atoms with E-state index in [1.54, 1.807) is 12.1 Å². The summed E-state index contributed by atoms with van der Waals surface area (Å²) in [4.78, 5) is 0.983. The molecule has 2 nitrogen and oxygen atoms in total. The smallest absolute Gasteiger partial charge is 0.127 e. The number of nitrogens with two attached hydrogens (primary N) is 1. The number of hydrogen-bond acceptors (Lipinski definition) is 3. The van der Waals surface area contributed by atoms with Crippen LogP contribution in [0.2, 0.25) is 0 Å². The average Bonchev–Trinajstić information content (AvgIpc) is 2.38. The van der Waals surface area contributed by atoms with Crippen molar-refractivity contribution in [2.45, 2.75) is 10.6 Å². The third-order valence-electron chi connectivity index (χ3n) is 2.43. The predicted octanol–water partition coefficient (Wildman–Crippen LogP) is 3.57. The maximum Gasteiger partial charge on any atom is 0.127 e. The maximum absolute atomic E-state index is 13.5. The molecule has 2 rings (SSSR count). The fourth-order valence-electron chi connectivity index (χ4n) is 1.52. The highest BCUT2D eigenvalue weighted by Gasteiger charge is 2.04. The van der Waals surface area contributed by atoms with Crippen LogP contribution in [0, 0.1) is 17.1 Å². The number of thioether (sulfide) groups is 1. The molecule has 2 aromatic rings. The lowest BCUT2D eigenvalue weighted by Gasteiger charge is -2.04. The molecule has 0 spiro atoms. The zero-order chi connectivity index (χ0) is 13.0. The Morgan fingerprint density at radius 3 is 2.78 bits per heavy atom. The predicted molar refractivity (Wildman–Crippen MR) is 71.5 cm³/mol. The van der Waals surface area contributed by atoms with Crippen LogP contribution in [0.15, 0.2) is 47.4 Å². The molecule has 0 bridgehead atoms. The van der Waals surface area contributed by atoms with E-state index < -0.39 is 0 Å². The van der Waals surface area contributed by atoms with E-state index >= 15 is 0 Å². The van der Waals surface area contributed by atoms with E-state index in [0.717, 1.165) is 4.90 Å². The molecule has 0 radical (unpaired) electrons. The summed E-state index contributed by atoms with van der Waals surface area (Å²) >= 11 is 1.49. The molecular weight excluding hydrogens is 247 g/mol. The molecule has 18 heavy (non-hydrogen) atoms. The summed E-state index contributed by atoms with van der Waals surface area (Å²) in [5.74, 6) is 0.190. The summed E-state index contributed by atoms with van der Waals surface area (Å²) in [5, 5.41) is 8.78. The van der Waals surface area contributed by atoms with Gasteiger partial charge in [-0.2, -0.15) is 5.26 Å². The minimum atomic E-state index is -0.287. The van der Waals surface area contributed by atoms with Gasteiger partial charge in [0, 0.05) is 16.3 Å². The third kappa shape index (κ3) is 3.02. The van der Waals surface area contributed by atoms with E-state index in [-0.39, 0.29) is 5.82 Å². The van der Waals surface area contributed by atoms with Crippen LogP contribution in [0.5, 0.6) is 0 Å². The largest absolute Gasteiger partial charge is 0.399 e. The van der Waals surface area contributed by atoms with Gasteiger partial charge in [0.2, 0.25) is 0 Å². The molecule has 2 N–H and O–H groups in total. The van der Waals surface area contributed by atoms with Gasteiger partial charge in [0.1, 0.15) is 5.82 Å². The number of nitriles is 1. The normalized spacial score (nSPS) is 10.0. The van der Waals surface area contributed by atoms with Crippen LogP contribution in [0.1, 0.15) is 11.1 Å². The Kier molecular flexibility index (Phi) is 3.85. The molecule has 0 saturated heterocycles. The Labute approximate surface area is 109 Å². The van der Waals surface area contributed by atoms with Gasteiger partial charge in [0.05, 0.1) is 11.6 Å². The van der Waals surface area contributed by atoms with Crippen LogP contribution in [-0.2, 0) is 5.75 Å². The van der Waals surface area contributed by atoms with Crippen LogP contribution in [0.25, 0.3) is 0 Å². The Hall–Kier alpha value is -1.99. The lowest BCUT2D eigenvalue weighted by Crippen LogP contribution is -1.90. The highest BCUT2D eigenvalue weighted by Crippen LogP contribution is 2.25. The average molecular weight is 258 g/mol. The van der Waals surface area contributed by atoms with Crippen molar-refractivity contribution in [3.63, 3.8) is 0 Å². The summed E-state index contributed by atoms with van der Waals surface area (Å²) < 4.78 is 13.5. The van der Waals surface area contributed by atoms with E-state index in [4.69, 9.17) is 11.0 Å². The molecule has 0 aromatic heterocycles. The Bertz CT molecular complexity index is 605. The van der Waals surface area contributed by atoms with Crippen LogP contribution >= 0.6 is 11.8 Å². The molecule has 0 unspecified atom stereocenters. The van der Waals surface area contributed by atoms with Crippen LogP contribution in [0.3, 0.4) is 0 Å². The van der Waals surface area contributed by atoms with Crippen molar-refractivity contribution in [1.82, 2.24) is 0 Å². The number of benzene rings is 2. The van der Waals surface area contributed by atoms with Crippen molar-refractivity contribution in [2.75, 3.05) is 5.73 Å². The molecule has 0 heterocycles. The minimum absolute atomic E-state index is 0.287. The number of nitrogen functional groups attached to an aromatic ring is 1. The first kappa shape index (κ1) is 12.5. The second-order valence-corrected chi connectivity index (χ2v) is 4.83. The van der Waals surface area contributed by atoms with E-state index in [1.807, 2.05) is 24.3 Å². The topological polar surface area (TPSA) is 49.8 Å². The van der Waals surface area contributed by atoms with Gasteiger partial charge in [-0.1, -0.05) is 6.07 Å². The third-order valence-corrected chi connectivity index (χ3v) is 3.47. The van der Waals surface area contributed by atoms with Gasteiger partial charge >= 0.3 is 0 Å². The summed E-state index contributed by atoms with van der Waals surface area (Å²) in [5.41, 5.74) is 7.36. The summed E-state index contributed by atoms with van der Waals surface area (Å²) in [6, 6.07) is 13.8. The Morgan fingerprint density at radius 1 is 1.22 bits per heavy atom. The van der Waals surface area contributed by atoms with Gasteiger partial charge in [0.25, 0.3) is 0 Å². The van der Waals surface area contributed by atoms with Gasteiger partial charge in [-0.15, -0.1) is 11.8 Å². The monoisotopic (exact) mass is 258 g/mol. The fourth-order valence-corrected chi connectivity index (χ4v) is 2.46. The molecule has 0 aliphatic rings. The SMILES string of the molecule is N#Cc1ccc(F)c(CSc2cccc(N)c2)c1. The van der Waals surface area contributed by atoms with Gasteiger partial charge in [-0.05, 0) is 42.0 Å². The second kappa shape index (κ2) is 5.56. The first-order chi connectivity index (χ1) is 8.69. The van der Waals surface area contributed by atoms with E-state index in [9.17, 15) is 4.39 Å². The first-order valence-corrected chi connectivity index (χ1v) is 6.34. The molecule has 0 aliphatic heterocycles. The first-order valence-electron chi connectivity index (χ1n) is 5.36. The van der Waals surface area contributed by atoms with Gasteiger partial charge in [-0.3, -0.25) is 0 Å². The number of anilines is 1. The van der Waals surface area contributed by atoms with E-state index in [0.29, 0.717) is 22.6 Å². The molecule has 0 saturated carbocycles. The van der Waals surface area contributed by atoms with Gasteiger partial charge < -0.3 is 5.73 Å². The van der Waals surface area contributed by atoms with Gasteiger partial charge in [-0.25, -0.2) is 4.39 Å². The lowest BCUT2D eigenvalue weighted by molar-refractivity contribution is 0.617. The number of halogens is 1. The van der Waals surface area contributed by atoms with Crippen molar-refractivity contribution >= 4 is 17.4 Å². The summed E-state index contributed by atoms with van der Waals surface area (Å²) in [6.45, 7) is 0. The molecule has 0 aliphatic carbocycles. The highest BCUT2D eigenvalue weighted by atomic mass is 32.2. The lowest BCUT2D eigenvalue weighted by atomic mass is 10.1. The minimum Gasteiger partial charge on any atom is -0.399 e. The van der Waals surface area contributed by atoms with E-state index in [2.05, 4.69) is 0 Å². The maximum atomic E-state index is 13.5. The number of hydrogen-bond donors (Lipinski definition) is 1. The Morgan fingerprint density at radius 2 is 2.06 bits per heavy atom. The van der Waals surface area contributed by atoms with Crippen molar-refractivity contribution in [1.29, 1.82) is 5.26 Å². The molecule has 4 heteroatoms. The van der Waals surface area contributed by atoms with Crippen LogP contribution in [0.4, 0.5) is 10.1 Å². The zero-order valence-corrected chi connectivity index (χ0v) is 10.4. The van der Waals surface area contributed by atoms with Crippen LogP contribution in [-0.4, -0.2) is 0 Å². The van der Waals surface area contributed by atoms with E-state index in [1.165, 1.54) is 23.9 Å². The van der Waals surface area contributed by atoms with Gasteiger partial charge in [0.15, 0.2) is 0 Å². The van der Waals surface area contributed by atoms with Crippen molar-refractivity contribution in [3.05, 3.63) is 59.4 Å². The van der Waals surface area contributed by atoms with Crippen molar-refractivity contribution < 1.29 is 4.39 Å². The standard InChI is InChI=1S/C14H11FN2S/c15-14-5-4-10(8-16)6-11(14)9-18-13-3-1-2-12(17)7-13/h1-7H,9,17H2. The molecule has 0 amide bonds. The number of nitrogens with zero attached hydrogens (tertiary/aromatic N) is 1. The zero-order valence-electron chi connectivity index (χ0n) is 9.56. The fraction of sp³-hybridized carbons (Fsp3) is 0.0714. The summed E-state index contributed by atoms with van der Waals surface area (Å²) in [7, 11) is 0. The quantitative estimate of drug-likeness (QED) is 0.676. The van der Waals surface area contributed by atoms with Crippen molar-refractivity contribution in [3.8, 4) is 6.07 Å². The number of rotatable bonds is 3. The van der Waals surface area contributed by atoms with Crippen molar-refractivity contribution in [2.24, 2.45) is 0 Å². The Balaban J connectivity index is 2.13. The summed E-state index contributed by atoms with van der Waals surface area (Å²) in [6.07, 6.45) is 0. The molecule has 90 valence electrons. The highest BCUT2D eigenvalue weighted by molar-refractivity contribution is 7.98.